The summed E-state index contributed by atoms with van der Waals surface area (Å²) >= 11 is 12.3. The summed E-state index contributed by atoms with van der Waals surface area (Å²) in [6.45, 7) is 2.00. The number of rotatable bonds is 5. The van der Waals surface area contributed by atoms with Gasteiger partial charge in [-0.2, -0.15) is 4.31 Å². The van der Waals surface area contributed by atoms with Crippen LogP contribution in [0, 0.1) is 5.41 Å². The molecule has 2 aliphatic rings. The van der Waals surface area contributed by atoms with Gasteiger partial charge in [0.1, 0.15) is 4.90 Å². The standard InChI is InChI=1S/C22H24Cl2N2O3S/c23-18-6-2-1-5-17(18)9-13-25-14-10-22(21(25)27)11-15-26(16-12-22)30(28,29)20-8-4-3-7-19(20)24/h1-8H,9-16H2. The fourth-order valence-electron chi connectivity index (χ4n) is 4.47. The van der Waals surface area contributed by atoms with Crippen LogP contribution in [-0.2, 0) is 21.2 Å². The fraction of sp³-hybridized carbons (Fsp3) is 0.409. The van der Waals surface area contributed by atoms with Gasteiger partial charge in [0, 0.05) is 31.2 Å². The van der Waals surface area contributed by atoms with Gasteiger partial charge in [-0.3, -0.25) is 4.79 Å². The van der Waals surface area contributed by atoms with Crippen LogP contribution in [-0.4, -0.2) is 49.7 Å². The number of benzene rings is 2. The van der Waals surface area contributed by atoms with E-state index in [0.29, 0.717) is 45.4 Å². The molecule has 30 heavy (non-hydrogen) atoms. The number of halogens is 2. The van der Waals surface area contributed by atoms with Gasteiger partial charge in [0.05, 0.1) is 10.4 Å². The first kappa shape index (κ1) is 21.6. The van der Waals surface area contributed by atoms with E-state index in [1.807, 2.05) is 29.2 Å². The SMILES string of the molecule is O=C1N(CCc2ccccc2Cl)CCC12CCN(S(=O)(=O)c1ccccc1Cl)CC2. The Hall–Kier alpha value is -1.60. The first-order chi connectivity index (χ1) is 14.3. The van der Waals surface area contributed by atoms with Crippen molar-refractivity contribution < 1.29 is 13.2 Å². The first-order valence-corrected chi connectivity index (χ1v) is 12.3. The summed E-state index contributed by atoms with van der Waals surface area (Å²) < 4.78 is 27.4. The van der Waals surface area contributed by atoms with E-state index in [1.165, 1.54) is 10.4 Å². The van der Waals surface area contributed by atoms with Gasteiger partial charge in [0.25, 0.3) is 0 Å². The Labute approximate surface area is 187 Å². The smallest absolute Gasteiger partial charge is 0.244 e. The Balaban J connectivity index is 1.40. The van der Waals surface area contributed by atoms with E-state index in [2.05, 4.69) is 0 Å². The van der Waals surface area contributed by atoms with E-state index in [0.717, 1.165) is 17.0 Å². The molecule has 0 atom stereocenters. The molecule has 4 rings (SSSR count). The van der Waals surface area contributed by atoms with Crippen LogP contribution in [0.2, 0.25) is 10.0 Å². The molecule has 0 unspecified atom stereocenters. The Morgan fingerprint density at radius 2 is 1.47 bits per heavy atom. The van der Waals surface area contributed by atoms with Crippen LogP contribution in [0.5, 0.6) is 0 Å². The van der Waals surface area contributed by atoms with Crippen molar-refractivity contribution in [3.63, 3.8) is 0 Å². The lowest BCUT2D eigenvalue weighted by molar-refractivity contribution is -0.137. The number of hydrogen-bond acceptors (Lipinski definition) is 3. The molecular formula is C22H24Cl2N2O3S. The average molecular weight is 467 g/mol. The summed E-state index contributed by atoms with van der Waals surface area (Å²) in [6.07, 6.45) is 2.57. The third kappa shape index (κ3) is 3.98. The highest BCUT2D eigenvalue weighted by Gasteiger charge is 2.49. The van der Waals surface area contributed by atoms with Gasteiger partial charge in [0.15, 0.2) is 0 Å². The Bertz CT molecular complexity index is 1050. The third-order valence-electron chi connectivity index (χ3n) is 6.34. The van der Waals surface area contributed by atoms with Crippen LogP contribution in [0.15, 0.2) is 53.4 Å². The van der Waals surface area contributed by atoms with Crippen LogP contribution in [0.4, 0.5) is 0 Å². The van der Waals surface area contributed by atoms with Crippen molar-refractivity contribution in [2.45, 2.75) is 30.6 Å². The van der Waals surface area contributed by atoms with Crippen LogP contribution in [0.3, 0.4) is 0 Å². The van der Waals surface area contributed by atoms with Gasteiger partial charge in [-0.15, -0.1) is 0 Å². The van der Waals surface area contributed by atoms with E-state index < -0.39 is 15.4 Å². The molecule has 2 aromatic carbocycles. The molecule has 1 amide bonds. The van der Waals surface area contributed by atoms with Crippen LogP contribution in [0.1, 0.15) is 24.8 Å². The van der Waals surface area contributed by atoms with Gasteiger partial charge in [-0.25, -0.2) is 8.42 Å². The van der Waals surface area contributed by atoms with Gasteiger partial charge in [-0.1, -0.05) is 53.5 Å². The minimum atomic E-state index is -3.66. The quantitative estimate of drug-likeness (QED) is 0.661. The van der Waals surface area contributed by atoms with E-state index in [4.69, 9.17) is 23.2 Å². The summed E-state index contributed by atoms with van der Waals surface area (Å²) in [4.78, 5) is 15.2. The zero-order valence-electron chi connectivity index (χ0n) is 16.6. The average Bonchev–Trinajstić information content (AvgIpc) is 3.03. The third-order valence-corrected chi connectivity index (χ3v) is 9.11. The molecular weight excluding hydrogens is 443 g/mol. The summed E-state index contributed by atoms with van der Waals surface area (Å²) in [5.41, 5.74) is 0.584. The van der Waals surface area contributed by atoms with Crippen LogP contribution >= 0.6 is 23.2 Å². The summed E-state index contributed by atoms with van der Waals surface area (Å²) in [6, 6.07) is 14.2. The number of hydrogen-bond donors (Lipinski definition) is 0. The highest BCUT2D eigenvalue weighted by atomic mass is 35.5. The molecule has 0 aliphatic carbocycles. The van der Waals surface area contributed by atoms with E-state index in [-0.39, 0.29) is 15.8 Å². The highest BCUT2D eigenvalue weighted by Crippen LogP contribution is 2.43. The Kier molecular flexibility index (Phi) is 6.13. The van der Waals surface area contributed by atoms with Crippen molar-refractivity contribution in [2.75, 3.05) is 26.2 Å². The maximum atomic E-state index is 13.2. The van der Waals surface area contributed by atoms with Gasteiger partial charge < -0.3 is 4.90 Å². The molecule has 2 aliphatic heterocycles. The van der Waals surface area contributed by atoms with Crippen molar-refractivity contribution in [1.29, 1.82) is 0 Å². The molecule has 2 aromatic rings. The van der Waals surface area contributed by atoms with Crippen molar-refractivity contribution in [2.24, 2.45) is 5.41 Å². The largest absolute Gasteiger partial charge is 0.342 e. The molecule has 0 N–H and O–H groups in total. The predicted octanol–water partition coefficient (Wildman–Crippen LogP) is 4.24. The van der Waals surface area contributed by atoms with Gasteiger partial charge in [-0.05, 0) is 49.4 Å². The second kappa shape index (κ2) is 8.50. The molecule has 160 valence electrons. The molecule has 2 heterocycles. The minimum Gasteiger partial charge on any atom is -0.342 e. The topological polar surface area (TPSA) is 57.7 Å². The molecule has 0 aromatic heterocycles. The van der Waals surface area contributed by atoms with E-state index >= 15 is 0 Å². The second-order valence-electron chi connectivity index (χ2n) is 8.00. The lowest BCUT2D eigenvalue weighted by Crippen LogP contribution is -2.46. The monoisotopic (exact) mass is 466 g/mol. The number of carbonyl (C=O) groups is 1. The molecule has 0 bridgehead atoms. The summed E-state index contributed by atoms with van der Waals surface area (Å²) in [5, 5.41) is 0.942. The minimum absolute atomic E-state index is 0.127. The lowest BCUT2D eigenvalue weighted by atomic mass is 9.77. The van der Waals surface area contributed by atoms with E-state index in [1.54, 1.807) is 18.2 Å². The molecule has 0 saturated carbocycles. The number of piperidine rings is 1. The number of sulfonamides is 1. The van der Waals surface area contributed by atoms with E-state index in [9.17, 15) is 13.2 Å². The highest BCUT2D eigenvalue weighted by molar-refractivity contribution is 7.89. The second-order valence-corrected chi connectivity index (χ2v) is 10.7. The molecule has 5 nitrogen and oxygen atoms in total. The zero-order valence-corrected chi connectivity index (χ0v) is 18.9. The molecule has 0 radical (unpaired) electrons. The number of amides is 1. The summed E-state index contributed by atoms with van der Waals surface area (Å²) in [5.74, 6) is 0.143. The van der Waals surface area contributed by atoms with Gasteiger partial charge >= 0.3 is 0 Å². The molecule has 8 heteroatoms. The Morgan fingerprint density at radius 1 is 0.867 bits per heavy atom. The lowest BCUT2D eigenvalue weighted by Gasteiger charge is -2.37. The fourth-order valence-corrected chi connectivity index (χ4v) is 6.64. The number of carbonyl (C=O) groups excluding carboxylic acids is 1. The zero-order chi connectivity index (χ0) is 21.4. The van der Waals surface area contributed by atoms with Crippen molar-refractivity contribution in [3.05, 3.63) is 64.1 Å². The van der Waals surface area contributed by atoms with Gasteiger partial charge in [0.2, 0.25) is 15.9 Å². The van der Waals surface area contributed by atoms with Crippen molar-refractivity contribution in [3.8, 4) is 0 Å². The molecule has 2 fully saturated rings. The first-order valence-electron chi connectivity index (χ1n) is 10.1. The summed E-state index contributed by atoms with van der Waals surface area (Å²) in [7, 11) is -3.66. The van der Waals surface area contributed by atoms with Crippen LogP contribution in [0.25, 0.3) is 0 Å². The normalized spacial score (nSPS) is 19.5. The molecule has 1 spiro atoms. The number of nitrogens with zero attached hydrogens (tertiary/aromatic N) is 2. The van der Waals surface area contributed by atoms with Crippen LogP contribution < -0.4 is 0 Å². The predicted molar refractivity (Wildman–Crippen MR) is 118 cm³/mol. The maximum absolute atomic E-state index is 13.2. The molecule has 2 saturated heterocycles. The van der Waals surface area contributed by atoms with Crippen molar-refractivity contribution in [1.82, 2.24) is 9.21 Å². The maximum Gasteiger partial charge on any atom is 0.244 e. The number of likely N-dealkylation sites (tertiary alicyclic amines) is 1. The van der Waals surface area contributed by atoms with Crippen molar-refractivity contribution >= 4 is 39.1 Å². The Morgan fingerprint density at radius 3 is 2.13 bits per heavy atom.